The molecule has 1 aromatic rings. The van der Waals surface area contributed by atoms with Crippen molar-refractivity contribution in [1.29, 1.82) is 0 Å². The second kappa shape index (κ2) is 5.10. The van der Waals surface area contributed by atoms with Crippen molar-refractivity contribution in [2.45, 2.75) is 19.0 Å². The van der Waals surface area contributed by atoms with Gasteiger partial charge >= 0.3 is 6.18 Å². The fourth-order valence-electron chi connectivity index (χ4n) is 1.89. The maximum Gasteiger partial charge on any atom is 0.417 e. The number of rotatable bonds is 3. The molecule has 0 bridgehead atoms. The van der Waals surface area contributed by atoms with E-state index in [0.717, 1.165) is 12.1 Å². The number of nitrogens with two attached hydrogens (primary N) is 1. The number of oxime groups is 1. The molecule has 1 aromatic carbocycles. The van der Waals surface area contributed by atoms with Gasteiger partial charge < -0.3 is 16.3 Å². The SMILES string of the molecule is N/C(=N/O)C1(C(=O)Nc2ccc(Cl)c(C(F)(F)F)c2)CC1. The molecule has 1 aliphatic carbocycles. The second-order valence-corrected chi connectivity index (χ2v) is 5.12. The third-order valence-corrected chi connectivity index (χ3v) is 3.64. The van der Waals surface area contributed by atoms with Crippen LogP contribution in [0.15, 0.2) is 23.4 Å². The number of anilines is 1. The molecule has 1 fully saturated rings. The largest absolute Gasteiger partial charge is 0.417 e. The van der Waals surface area contributed by atoms with Crippen LogP contribution in [-0.2, 0) is 11.0 Å². The zero-order valence-electron chi connectivity index (χ0n) is 10.5. The Balaban J connectivity index is 2.24. The maximum absolute atomic E-state index is 12.7. The Hall–Kier alpha value is -1.96. The monoisotopic (exact) mass is 321 g/mol. The Labute approximate surface area is 122 Å². The van der Waals surface area contributed by atoms with Crippen LogP contribution < -0.4 is 11.1 Å². The predicted molar refractivity (Wildman–Crippen MR) is 70.2 cm³/mol. The van der Waals surface area contributed by atoms with E-state index in [0.29, 0.717) is 12.8 Å². The minimum Gasteiger partial charge on any atom is -0.409 e. The Morgan fingerprint density at radius 3 is 2.52 bits per heavy atom. The number of amides is 1. The van der Waals surface area contributed by atoms with Gasteiger partial charge in [-0.05, 0) is 31.0 Å². The molecule has 1 aliphatic rings. The first-order valence-corrected chi connectivity index (χ1v) is 6.25. The molecular weight excluding hydrogens is 311 g/mol. The van der Waals surface area contributed by atoms with E-state index in [9.17, 15) is 18.0 Å². The number of nitrogens with zero attached hydrogens (tertiary/aromatic N) is 1. The molecule has 0 heterocycles. The lowest BCUT2D eigenvalue weighted by atomic mass is 10.0. The van der Waals surface area contributed by atoms with Crippen LogP contribution in [0.3, 0.4) is 0 Å². The van der Waals surface area contributed by atoms with Crippen LogP contribution in [-0.4, -0.2) is 17.0 Å². The minimum absolute atomic E-state index is 0.0614. The van der Waals surface area contributed by atoms with Crippen LogP contribution in [0.5, 0.6) is 0 Å². The lowest BCUT2D eigenvalue weighted by molar-refractivity contribution is -0.137. The molecule has 0 aliphatic heterocycles. The standard InChI is InChI=1S/C12H11ClF3N3O2/c13-8-2-1-6(5-7(8)12(14,15)16)18-10(20)11(3-4-11)9(17)19-21/h1-2,5,21H,3-4H2,(H2,17,19)(H,18,20). The van der Waals surface area contributed by atoms with Gasteiger partial charge in [0.2, 0.25) is 5.91 Å². The highest BCUT2D eigenvalue weighted by Gasteiger charge is 2.54. The van der Waals surface area contributed by atoms with Crippen molar-refractivity contribution in [1.82, 2.24) is 0 Å². The summed E-state index contributed by atoms with van der Waals surface area (Å²) in [6.07, 6.45) is -3.89. The van der Waals surface area contributed by atoms with E-state index in [4.69, 9.17) is 22.5 Å². The van der Waals surface area contributed by atoms with Crippen molar-refractivity contribution in [3.63, 3.8) is 0 Å². The van der Waals surface area contributed by atoms with Crippen molar-refractivity contribution in [3.8, 4) is 0 Å². The number of carbonyl (C=O) groups is 1. The molecule has 1 saturated carbocycles. The number of hydrogen-bond donors (Lipinski definition) is 3. The van der Waals surface area contributed by atoms with Crippen LogP contribution in [0.2, 0.25) is 5.02 Å². The first-order chi connectivity index (χ1) is 9.70. The van der Waals surface area contributed by atoms with Gasteiger partial charge in [0, 0.05) is 5.69 Å². The summed E-state index contributed by atoms with van der Waals surface area (Å²) in [7, 11) is 0. The lowest BCUT2D eigenvalue weighted by Crippen LogP contribution is -2.36. The van der Waals surface area contributed by atoms with Gasteiger partial charge in [-0.2, -0.15) is 13.2 Å². The first kappa shape index (κ1) is 15.4. The lowest BCUT2D eigenvalue weighted by Gasteiger charge is -2.15. The van der Waals surface area contributed by atoms with Crippen molar-refractivity contribution >= 4 is 29.0 Å². The van der Waals surface area contributed by atoms with E-state index >= 15 is 0 Å². The maximum atomic E-state index is 12.7. The molecular formula is C12H11ClF3N3O2. The summed E-state index contributed by atoms with van der Waals surface area (Å²) in [5.74, 6) is -0.877. The predicted octanol–water partition coefficient (Wildman–Crippen LogP) is 2.82. The number of amidine groups is 1. The summed E-state index contributed by atoms with van der Waals surface area (Å²) < 4.78 is 38.2. The normalized spacial score (nSPS) is 17.4. The van der Waals surface area contributed by atoms with E-state index in [1.54, 1.807) is 0 Å². The summed E-state index contributed by atoms with van der Waals surface area (Å²) in [6.45, 7) is 0. The molecule has 4 N–H and O–H groups in total. The van der Waals surface area contributed by atoms with Crippen LogP contribution in [0.4, 0.5) is 18.9 Å². The zero-order chi connectivity index (χ0) is 15.8. The van der Waals surface area contributed by atoms with Crippen molar-refractivity contribution < 1.29 is 23.2 Å². The molecule has 0 spiro atoms. The van der Waals surface area contributed by atoms with Crippen LogP contribution >= 0.6 is 11.6 Å². The summed E-state index contributed by atoms with van der Waals surface area (Å²) in [5.41, 5.74) is 3.18. The molecule has 21 heavy (non-hydrogen) atoms. The number of carbonyl (C=O) groups excluding carboxylic acids is 1. The quantitative estimate of drug-likeness (QED) is 0.346. The molecule has 0 atom stereocenters. The topological polar surface area (TPSA) is 87.7 Å². The average Bonchev–Trinajstić information content (AvgIpc) is 3.20. The van der Waals surface area contributed by atoms with Gasteiger partial charge in [-0.1, -0.05) is 16.8 Å². The number of hydrogen-bond acceptors (Lipinski definition) is 3. The first-order valence-electron chi connectivity index (χ1n) is 5.87. The third-order valence-electron chi connectivity index (χ3n) is 3.31. The van der Waals surface area contributed by atoms with Crippen LogP contribution in [0.25, 0.3) is 0 Å². The summed E-state index contributed by atoms with van der Waals surface area (Å²) >= 11 is 5.49. The fraction of sp³-hybridized carbons (Fsp3) is 0.333. The van der Waals surface area contributed by atoms with Crippen LogP contribution in [0.1, 0.15) is 18.4 Å². The van der Waals surface area contributed by atoms with E-state index in [1.807, 2.05) is 0 Å². The average molecular weight is 322 g/mol. The molecule has 9 heteroatoms. The van der Waals surface area contributed by atoms with Gasteiger partial charge in [0.05, 0.1) is 10.6 Å². The van der Waals surface area contributed by atoms with Gasteiger partial charge in [0.1, 0.15) is 5.41 Å². The highest BCUT2D eigenvalue weighted by molar-refractivity contribution is 6.31. The van der Waals surface area contributed by atoms with Crippen molar-refractivity contribution in [2.24, 2.45) is 16.3 Å². The van der Waals surface area contributed by atoms with Crippen LogP contribution in [0, 0.1) is 5.41 Å². The van der Waals surface area contributed by atoms with Gasteiger partial charge in [-0.25, -0.2) is 0 Å². The molecule has 1 amide bonds. The molecule has 114 valence electrons. The van der Waals surface area contributed by atoms with Gasteiger partial charge in [0.15, 0.2) is 5.84 Å². The highest BCUT2D eigenvalue weighted by Crippen LogP contribution is 2.47. The number of alkyl halides is 3. The number of nitrogens with one attached hydrogen (secondary N) is 1. The van der Waals surface area contributed by atoms with E-state index in [-0.39, 0.29) is 11.5 Å². The molecule has 0 aromatic heterocycles. The molecule has 5 nitrogen and oxygen atoms in total. The third kappa shape index (κ3) is 2.90. The molecule has 0 unspecified atom stereocenters. The second-order valence-electron chi connectivity index (χ2n) is 4.71. The minimum atomic E-state index is -4.62. The molecule has 0 saturated heterocycles. The van der Waals surface area contributed by atoms with E-state index in [2.05, 4.69) is 10.5 Å². The van der Waals surface area contributed by atoms with Gasteiger partial charge in [-0.3, -0.25) is 4.79 Å². The number of halogens is 4. The Kier molecular flexibility index (Phi) is 3.75. The van der Waals surface area contributed by atoms with Crippen molar-refractivity contribution in [3.05, 3.63) is 28.8 Å². The Bertz CT molecular complexity index is 612. The number of benzene rings is 1. The van der Waals surface area contributed by atoms with Gasteiger partial charge in [-0.15, -0.1) is 0 Å². The molecule has 2 rings (SSSR count). The Morgan fingerprint density at radius 2 is 2.05 bits per heavy atom. The Morgan fingerprint density at radius 1 is 1.43 bits per heavy atom. The van der Waals surface area contributed by atoms with Gasteiger partial charge in [0.25, 0.3) is 0 Å². The van der Waals surface area contributed by atoms with Crippen molar-refractivity contribution in [2.75, 3.05) is 5.32 Å². The fourth-order valence-corrected chi connectivity index (χ4v) is 2.12. The smallest absolute Gasteiger partial charge is 0.409 e. The molecule has 0 radical (unpaired) electrons. The summed E-state index contributed by atoms with van der Waals surface area (Å²) in [4.78, 5) is 12.0. The highest BCUT2D eigenvalue weighted by atomic mass is 35.5. The summed E-state index contributed by atoms with van der Waals surface area (Å²) in [6, 6.07) is 3.03. The summed E-state index contributed by atoms with van der Waals surface area (Å²) in [5, 5.41) is 13.3. The van der Waals surface area contributed by atoms with E-state index in [1.165, 1.54) is 6.07 Å². The zero-order valence-corrected chi connectivity index (χ0v) is 11.3. The van der Waals surface area contributed by atoms with E-state index < -0.39 is 28.1 Å².